The van der Waals surface area contributed by atoms with Crippen molar-refractivity contribution in [2.45, 2.75) is 38.1 Å². The number of sulfonamides is 1. The average molecular weight is 299 g/mol. The van der Waals surface area contributed by atoms with Crippen molar-refractivity contribution in [1.29, 1.82) is 0 Å². The smallest absolute Gasteiger partial charge is 0.242 e. The Morgan fingerprint density at radius 1 is 1.10 bits per heavy atom. The van der Waals surface area contributed by atoms with Gasteiger partial charge in [-0.25, -0.2) is 13.1 Å². The Labute approximate surface area is 122 Å². The summed E-state index contributed by atoms with van der Waals surface area (Å²) in [7, 11) is -3.44. The second kappa shape index (κ2) is 8.24. The van der Waals surface area contributed by atoms with Gasteiger partial charge in [-0.15, -0.1) is 0 Å². The summed E-state index contributed by atoms with van der Waals surface area (Å²) in [6.45, 7) is 8.00. The quantitative estimate of drug-likeness (QED) is 0.608. The van der Waals surface area contributed by atoms with Crippen LogP contribution in [-0.4, -0.2) is 34.1 Å². The van der Waals surface area contributed by atoms with E-state index in [0.717, 1.165) is 13.0 Å². The average Bonchev–Trinajstić information content (AvgIpc) is 2.41. The van der Waals surface area contributed by atoms with Gasteiger partial charge in [0.25, 0.3) is 0 Å². The Bertz CT molecular complexity index is 501. The van der Waals surface area contributed by atoms with E-state index in [1.165, 1.54) is 0 Å². The second-order valence-corrected chi connectivity index (χ2v) is 6.66. The highest BCUT2D eigenvalue weighted by Gasteiger charge is 2.16. The molecule has 0 aliphatic carbocycles. The molecule has 0 unspecified atom stereocenters. The van der Waals surface area contributed by atoms with Crippen LogP contribution in [0.2, 0.25) is 0 Å². The molecule has 0 spiro atoms. The number of benzene rings is 1. The Morgan fingerprint density at radius 3 is 2.45 bits per heavy atom. The predicted octanol–water partition coefficient (Wildman–Crippen LogP) is 1.78. The fourth-order valence-corrected chi connectivity index (χ4v) is 3.04. The van der Waals surface area contributed by atoms with Crippen molar-refractivity contribution >= 4 is 15.7 Å². The monoisotopic (exact) mass is 299 g/mol. The van der Waals surface area contributed by atoms with E-state index in [9.17, 15) is 8.42 Å². The van der Waals surface area contributed by atoms with Crippen LogP contribution in [0.25, 0.3) is 0 Å². The van der Waals surface area contributed by atoms with Crippen molar-refractivity contribution in [3.63, 3.8) is 0 Å². The van der Waals surface area contributed by atoms with E-state index in [-0.39, 0.29) is 0 Å². The van der Waals surface area contributed by atoms with Crippen LogP contribution in [0.5, 0.6) is 0 Å². The van der Waals surface area contributed by atoms with E-state index < -0.39 is 10.0 Å². The van der Waals surface area contributed by atoms with Crippen LogP contribution in [0.1, 0.15) is 27.2 Å². The molecule has 0 saturated carbocycles. The zero-order valence-corrected chi connectivity index (χ0v) is 13.3. The van der Waals surface area contributed by atoms with Gasteiger partial charge in [0.2, 0.25) is 10.0 Å². The number of hydrogen-bond donors (Lipinski definition) is 3. The molecule has 0 amide bonds. The first-order valence-electron chi connectivity index (χ1n) is 7.03. The van der Waals surface area contributed by atoms with Crippen LogP contribution in [0, 0.1) is 0 Å². The minimum atomic E-state index is -3.44. The molecule has 1 rings (SSSR count). The summed E-state index contributed by atoms with van der Waals surface area (Å²) < 4.78 is 27.0. The molecule has 3 N–H and O–H groups in total. The first-order valence-corrected chi connectivity index (χ1v) is 8.51. The SMILES string of the molecule is CCCNS(=O)(=O)c1ccccc1NCCNC(C)C. The Balaban J connectivity index is 2.73. The normalized spacial score (nSPS) is 11.8. The Hall–Kier alpha value is -1.11. The van der Waals surface area contributed by atoms with E-state index in [1.54, 1.807) is 18.2 Å². The number of para-hydroxylation sites is 1. The summed E-state index contributed by atoms with van der Waals surface area (Å²) in [4.78, 5) is 0.304. The zero-order valence-electron chi connectivity index (χ0n) is 12.4. The van der Waals surface area contributed by atoms with Crippen molar-refractivity contribution in [3.05, 3.63) is 24.3 Å². The summed E-state index contributed by atoms with van der Waals surface area (Å²) in [5.41, 5.74) is 0.640. The van der Waals surface area contributed by atoms with Crippen molar-refractivity contribution in [1.82, 2.24) is 10.0 Å². The topological polar surface area (TPSA) is 70.2 Å². The number of hydrogen-bond acceptors (Lipinski definition) is 4. The molecule has 0 fully saturated rings. The minimum absolute atomic E-state index is 0.304. The molecule has 0 bridgehead atoms. The molecule has 0 saturated heterocycles. The van der Waals surface area contributed by atoms with Gasteiger partial charge in [-0.1, -0.05) is 32.9 Å². The van der Waals surface area contributed by atoms with Crippen LogP contribution in [-0.2, 0) is 10.0 Å². The van der Waals surface area contributed by atoms with Crippen molar-refractivity contribution in [3.8, 4) is 0 Å². The van der Waals surface area contributed by atoms with Gasteiger partial charge in [0, 0.05) is 25.7 Å². The van der Waals surface area contributed by atoms with Gasteiger partial charge in [0.05, 0.1) is 5.69 Å². The van der Waals surface area contributed by atoms with Crippen LogP contribution in [0.15, 0.2) is 29.2 Å². The molecule has 0 radical (unpaired) electrons. The maximum atomic E-state index is 12.2. The number of anilines is 1. The molecule has 0 aliphatic heterocycles. The Kier molecular flexibility index (Phi) is 6.98. The van der Waals surface area contributed by atoms with E-state index in [0.29, 0.717) is 29.7 Å². The molecule has 114 valence electrons. The van der Waals surface area contributed by atoms with E-state index in [4.69, 9.17) is 0 Å². The van der Waals surface area contributed by atoms with Gasteiger partial charge < -0.3 is 10.6 Å². The van der Waals surface area contributed by atoms with Gasteiger partial charge in [0.1, 0.15) is 4.90 Å². The summed E-state index contributed by atoms with van der Waals surface area (Å²) in [5.74, 6) is 0. The zero-order chi connectivity index (χ0) is 15.0. The highest BCUT2D eigenvalue weighted by atomic mass is 32.2. The second-order valence-electron chi connectivity index (χ2n) is 4.93. The third-order valence-corrected chi connectivity index (χ3v) is 4.23. The van der Waals surface area contributed by atoms with Gasteiger partial charge in [0.15, 0.2) is 0 Å². The first kappa shape index (κ1) is 16.9. The van der Waals surface area contributed by atoms with Crippen molar-refractivity contribution in [2.75, 3.05) is 25.0 Å². The molecule has 0 aliphatic rings. The summed E-state index contributed by atoms with van der Waals surface area (Å²) in [6.07, 6.45) is 0.771. The molecule has 20 heavy (non-hydrogen) atoms. The van der Waals surface area contributed by atoms with E-state index in [2.05, 4.69) is 29.2 Å². The lowest BCUT2D eigenvalue weighted by Gasteiger charge is -2.14. The van der Waals surface area contributed by atoms with Gasteiger partial charge in [-0.05, 0) is 18.6 Å². The fourth-order valence-electron chi connectivity index (χ4n) is 1.72. The van der Waals surface area contributed by atoms with Crippen LogP contribution < -0.4 is 15.4 Å². The maximum Gasteiger partial charge on any atom is 0.242 e. The third-order valence-electron chi connectivity index (χ3n) is 2.71. The van der Waals surface area contributed by atoms with Gasteiger partial charge in [-0.3, -0.25) is 0 Å². The molecule has 1 aromatic carbocycles. The standard InChI is InChI=1S/C14H25N3O2S/c1-4-9-17-20(18,19)14-8-6-5-7-13(14)16-11-10-15-12(2)3/h5-8,12,15-17H,4,9-11H2,1-3H3. The lowest BCUT2D eigenvalue weighted by molar-refractivity contribution is 0.580. The Morgan fingerprint density at radius 2 is 1.80 bits per heavy atom. The van der Waals surface area contributed by atoms with Crippen LogP contribution in [0.3, 0.4) is 0 Å². The van der Waals surface area contributed by atoms with Crippen LogP contribution in [0.4, 0.5) is 5.69 Å². The molecule has 0 atom stereocenters. The van der Waals surface area contributed by atoms with E-state index >= 15 is 0 Å². The molecule has 1 aromatic rings. The number of nitrogens with one attached hydrogen (secondary N) is 3. The highest BCUT2D eigenvalue weighted by molar-refractivity contribution is 7.89. The van der Waals surface area contributed by atoms with E-state index in [1.807, 2.05) is 13.0 Å². The van der Waals surface area contributed by atoms with Gasteiger partial charge in [-0.2, -0.15) is 0 Å². The summed E-state index contributed by atoms with van der Waals surface area (Å²) in [6, 6.07) is 7.39. The summed E-state index contributed by atoms with van der Waals surface area (Å²) >= 11 is 0. The fraction of sp³-hybridized carbons (Fsp3) is 0.571. The summed E-state index contributed by atoms with van der Waals surface area (Å²) in [5, 5.41) is 6.45. The van der Waals surface area contributed by atoms with Crippen molar-refractivity contribution < 1.29 is 8.42 Å². The first-order chi connectivity index (χ1) is 9.47. The predicted molar refractivity (Wildman–Crippen MR) is 83.5 cm³/mol. The highest BCUT2D eigenvalue weighted by Crippen LogP contribution is 2.20. The van der Waals surface area contributed by atoms with Gasteiger partial charge >= 0.3 is 0 Å². The van der Waals surface area contributed by atoms with Crippen LogP contribution >= 0.6 is 0 Å². The molecule has 0 heterocycles. The maximum absolute atomic E-state index is 12.2. The molecular formula is C14H25N3O2S. The lowest BCUT2D eigenvalue weighted by Crippen LogP contribution is -2.29. The molecule has 6 heteroatoms. The minimum Gasteiger partial charge on any atom is -0.383 e. The largest absolute Gasteiger partial charge is 0.383 e. The molecular weight excluding hydrogens is 274 g/mol. The number of rotatable bonds is 9. The molecule has 5 nitrogen and oxygen atoms in total. The van der Waals surface area contributed by atoms with Crippen molar-refractivity contribution in [2.24, 2.45) is 0 Å². The lowest BCUT2D eigenvalue weighted by atomic mass is 10.3. The molecule has 0 aromatic heterocycles. The third kappa shape index (κ3) is 5.48.